The Morgan fingerprint density at radius 3 is 2.81 bits per heavy atom. The lowest BCUT2D eigenvalue weighted by atomic mass is 9.81. The second kappa shape index (κ2) is 4.54. The Hall–Kier alpha value is -1.92. The van der Waals surface area contributed by atoms with Crippen LogP contribution in [0, 0.1) is 5.82 Å². The van der Waals surface area contributed by atoms with Crippen LogP contribution in [0.5, 0.6) is 0 Å². The summed E-state index contributed by atoms with van der Waals surface area (Å²) in [7, 11) is 6.73. The van der Waals surface area contributed by atoms with Gasteiger partial charge in [0.1, 0.15) is 26.4 Å². The highest BCUT2D eigenvalue weighted by Crippen LogP contribution is 2.54. The van der Waals surface area contributed by atoms with Crippen molar-refractivity contribution >= 4 is 25.2 Å². The topological polar surface area (TPSA) is 46.6 Å². The summed E-state index contributed by atoms with van der Waals surface area (Å²) in [5, 5.41) is 0. The molecule has 0 bridgehead atoms. The van der Waals surface area contributed by atoms with E-state index in [-0.39, 0.29) is 36.1 Å². The number of hydrogen-bond donors (Lipinski definition) is 0. The minimum Gasteiger partial charge on any atom is -0.468 e. The fraction of sp³-hybridized carbons (Fsp3) is 0.429. The van der Waals surface area contributed by atoms with E-state index in [4.69, 9.17) is 7.85 Å². The van der Waals surface area contributed by atoms with Crippen molar-refractivity contribution in [3.8, 4) is 0 Å². The molecule has 0 saturated heterocycles. The van der Waals surface area contributed by atoms with Crippen LogP contribution in [0.25, 0.3) is 0 Å². The maximum Gasteiger partial charge on any atom is 0.325 e. The van der Waals surface area contributed by atoms with E-state index < -0.39 is 29.3 Å². The third kappa shape index (κ3) is 1.94. The van der Waals surface area contributed by atoms with Crippen LogP contribution in [0.1, 0.15) is 22.3 Å². The largest absolute Gasteiger partial charge is 0.468 e. The molecule has 1 aromatic carbocycles. The van der Waals surface area contributed by atoms with Crippen molar-refractivity contribution in [1.29, 1.82) is 0 Å². The number of nitrogens with zero attached hydrogens (tertiary/aromatic N) is 1. The molecule has 1 aliphatic heterocycles. The molecule has 7 heteroatoms. The van der Waals surface area contributed by atoms with E-state index in [1.165, 1.54) is 24.1 Å². The summed E-state index contributed by atoms with van der Waals surface area (Å²) in [5.41, 5.74) is -1.09. The zero-order valence-electron chi connectivity index (χ0n) is 11.4. The van der Waals surface area contributed by atoms with Crippen molar-refractivity contribution in [2.75, 3.05) is 20.2 Å². The number of methoxy groups -OCH3 is 1. The van der Waals surface area contributed by atoms with E-state index in [0.717, 1.165) is 0 Å². The summed E-state index contributed by atoms with van der Waals surface area (Å²) in [4.78, 5) is 24.9. The zero-order chi connectivity index (χ0) is 15.4. The van der Waals surface area contributed by atoms with E-state index in [1.807, 2.05) is 0 Å². The number of ether oxygens (including phenoxy) is 1. The lowest BCUT2D eigenvalue weighted by molar-refractivity contribution is -0.141. The van der Waals surface area contributed by atoms with Gasteiger partial charge in [0.25, 0.3) is 5.91 Å². The minimum atomic E-state index is -1.25. The van der Waals surface area contributed by atoms with Crippen molar-refractivity contribution in [3.05, 3.63) is 29.1 Å². The van der Waals surface area contributed by atoms with E-state index in [1.54, 1.807) is 0 Å². The zero-order valence-corrected chi connectivity index (χ0v) is 11.4. The highest BCUT2D eigenvalue weighted by molar-refractivity contribution is 6.32. The molecule has 1 saturated carbocycles. The molecule has 0 aromatic heterocycles. The Balaban J connectivity index is 2.07. The van der Waals surface area contributed by atoms with Crippen LogP contribution in [0.4, 0.5) is 8.78 Å². The molecule has 1 fully saturated rings. The number of alkyl halides is 1. The molecule has 4 nitrogen and oxygen atoms in total. The first kappa shape index (κ1) is 14.0. The molecule has 1 aliphatic carbocycles. The molecular weight excluding hydrogens is 279 g/mol. The first-order valence-corrected chi connectivity index (χ1v) is 6.49. The van der Waals surface area contributed by atoms with Gasteiger partial charge in [0.15, 0.2) is 0 Å². The molecule has 1 amide bonds. The number of hydrogen-bond acceptors (Lipinski definition) is 3. The SMILES string of the molecule is [B]c1ccc2c(c1F)C1(CC1F)CN(CC(=O)OC)C2=O. The van der Waals surface area contributed by atoms with Crippen molar-refractivity contribution in [2.45, 2.75) is 18.0 Å². The lowest BCUT2D eigenvalue weighted by Gasteiger charge is -2.34. The molecule has 1 heterocycles. The van der Waals surface area contributed by atoms with Crippen LogP contribution in [-0.4, -0.2) is 51.0 Å². The van der Waals surface area contributed by atoms with Gasteiger partial charge >= 0.3 is 5.97 Å². The maximum atomic E-state index is 14.3. The summed E-state index contributed by atoms with van der Waals surface area (Å²) in [6, 6.07) is 2.66. The summed E-state index contributed by atoms with van der Waals surface area (Å²) in [6.07, 6.45) is -1.13. The van der Waals surface area contributed by atoms with Crippen LogP contribution in [0.3, 0.4) is 0 Å². The average Bonchev–Trinajstić information content (AvgIpc) is 3.09. The number of amides is 1. The summed E-state index contributed by atoms with van der Waals surface area (Å²) < 4.78 is 32.7. The highest BCUT2D eigenvalue weighted by atomic mass is 19.1. The van der Waals surface area contributed by atoms with Crippen LogP contribution in [-0.2, 0) is 14.9 Å². The predicted octanol–water partition coefficient (Wildman–Crippen LogP) is 0.228. The Kier molecular flexibility index (Phi) is 3.04. The van der Waals surface area contributed by atoms with Crippen LogP contribution < -0.4 is 5.46 Å². The molecule has 2 atom stereocenters. The van der Waals surface area contributed by atoms with E-state index >= 15 is 0 Å². The maximum absolute atomic E-state index is 14.3. The molecule has 1 spiro atoms. The summed E-state index contributed by atoms with van der Waals surface area (Å²) in [6.45, 7) is -0.329. The highest BCUT2D eigenvalue weighted by Gasteiger charge is 2.62. The van der Waals surface area contributed by atoms with Crippen LogP contribution in [0.15, 0.2) is 12.1 Å². The molecular formula is C14H12BF2NO3. The molecule has 1 aromatic rings. The normalized spacial score (nSPS) is 26.7. The van der Waals surface area contributed by atoms with E-state index in [9.17, 15) is 18.4 Å². The lowest BCUT2D eigenvalue weighted by Crippen LogP contribution is -2.48. The third-order valence-corrected chi connectivity index (χ3v) is 4.19. The van der Waals surface area contributed by atoms with Crippen LogP contribution in [0.2, 0.25) is 0 Å². The second-order valence-electron chi connectivity index (χ2n) is 5.46. The molecule has 2 radical (unpaired) electrons. The van der Waals surface area contributed by atoms with Gasteiger partial charge in [-0.3, -0.25) is 9.59 Å². The molecule has 0 N–H and O–H groups in total. The fourth-order valence-corrected chi connectivity index (χ4v) is 2.95. The Bertz CT molecular complexity index is 651. The van der Waals surface area contributed by atoms with Gasteiger partial charge in [-0.25, -0.2) is 8.78 Å². The number of esters is 1. The standard InChI is InChI=1S/C14H12BF2NO3/c1-21-10(19)5-18-6-14(4-9(14)16)11-7(13(18)20)2-3-8(15)12(11)17/h2-3,9H,4-6H2,1H3. The molecule has 2 aliphatic rings. The number of rotatable bonds is 2. The summed E-state index contributed by atoms with van der Waals surface area (Å²) in [5.74, 6) is -1.85. The number of fused-ring (bicyclic) bond motifs is 2. The third-order valence-electron chi connectivity index (χ3n) is 4.19. The van der Waals surface area contributed by atoms with Gasteiger partial charge in [-0.05, 0) is 12.5 Å². The second-order valence-corrected chi connectivity index (χ2v) is 5.46. The Morgan fingerprint density at radius 2 is 2.24 bits per heavy atom. The number of benzene rings is 1. The Labute approximate surface area is 121 Å². The van der Waals surface area contributed by atoms with Gasteiger partial charge in [-0.1, -0.05) is 11.5 Å². The molecule has 2 unspecified atom stereocenters. The van der Waals surface area contributed by atoms with Gasteiger partial charge < -0.3 is 9.64 Å². The first-order valence-electron chi connectivity index (χ1n) is 6.49. The smallest absolute Gasteiger partial charge is 0.325 e. The number of halogens is 2. The van der Waals surface area contributed by atoms with Crippen molar-refractivity contribution in [3.63, 3.8) is 0 Å². The fourth-order valence-electron chi connectivity index (χ4n) is 2.95. The molecule has 108 valence electrons. The van der Waals surface area contributed by atoms with Gasteiger partial charge in [0.2, 0.25) is 0 Å². The van der Waals surface area contributed by atoms with Gasteiger partial charge in [0.05, 0.1) is 12.5 Å². The van der Waals surface area contributed by atoms with Gasteiger partial charge in [0, 0.05) is 17.7 Å². The predicted molar refractivity (Wildman–Crippen MR) is 70.9 cm³/mol. The van der Waals surface area contributed by atoms with Gasteiger partial charge in [-0.15, -0.1) is 0 Å². The van der Waals surface area contributed by atoms with Gasteiger partial charge in [-0.2, -0.15) is 0 Å². The monoisotopic (exact) mass is 291 g/mol. The Morgan fingerprint density at radius 1 is 1.57 bits per heavy atom. The number of carbonyl (C=O) groups excluding carboxylic acids is 2. The number of carbonyl (C=O) groups is 2. The quantitative estimate of drug-likeness (QED) is 0.579. The molecule has 21 heavy (non-hydrogen) atoms. The van der Waals surface area contributed by atoms with Crippen molar-refractivity contribution < 1.29 is 23.1 Å². The minimum absolute atomic E-state index is 0.0427. The first-order chi connectivity index (χ1) is 9.90. The van der Waals surface area contributed by atoms with Crippen molar-refractivity contribution in [1.82, 2.24) is 4.90 Å². The van der Waals surface area contributed by atoms with Crippen LogP contribution >= 0.6 is 0 Å². The summed E-state index contributed by atoms with van der Waals surface area (Å²) >= 11 is 0. The van der Waals surface area contributed by atoms with Crippen molar-refractivity contribution in [2.24, 2.45) is 0 Å². The van der Waals surface area contributed by atoms with E-state index in [2.05, 4.69) is 4.74 Å². The van der Waals surface area contributed by atoms with E-state index in [0.29, 0.717) is 0 Å². The average molecular weight is 291 g/mol. The molecule has 3 rings (SSSR count).